The fourth-order valence-corrected chi connectivity index (χ4v) is 4.69. The van der Waals surface area contributed by atoms with Crippen LogP contribution in [0.15, 0.2) is 77.7 Å². The molecule has 3 aromatic rings. The highest BCUT2D eigenvalue weighted by atomic mass is 35.5. The third-order valence-corrected chi connectivity index (χ3v) is 6.86. The lowest BCUT2D eigenvalue weighted by molar-refractivity contribution is -0.121. The fraction of sp³-hybridized carbons (Fsp3) is 0.136. The van der Waals surface area contributed by atoms with E-state index >= 15 is 0 Å². The lowest BCUT2D eigenvalue weighted by Gasteiger charge is -2.22. The molecule has 0 saturated carbocycles. The maximum atomic E-state index is 13.2. The number of carbonyl (C=O) groups is 1. The molecular formula is C22H19Cl2FN2O3S. The smallest absolute Gasteiger partial charge is 0.243 e. The quantitative estimate of drug-likeness (QED) is 0.510. The van der Waals surface area contributed by atoms with E-state index < -0.39 is 22.5 Å². The van der Waals surface area contributed by atoms with Gasteiger partial charge in [0.2, 0.25) is 15.9 Å². The third kappa shape index (κ3) is 6.27. The lowest BCUT2D eigenvalue weighted by Crippen LogP contribution is -2.40. The van der Waals surface area contributed by atoms with Crippen molar-refractivity contribution in [1.29, 1.82) is 0 Å². The molecule has 5 nitrogen and oxygen atoms in total. The number of carbonyl (C=O) groups excluding carboxylic acids is 1. The summed E-state index contributed by atoms with van der Waals surface area (Å²) in [6, 6.07) is 18.2. The minimum Gasteiger partial charge on any atom is -0.351 e. The number of halogens is 3. The zero-order valence-corrected chi connectivity index (χ0v) is 18.6. The predicted octanol–water partition coefficient (Wildman–Crippen LogP) is 4.64. The van der Waals surface area contributed by atoms with E-state index in [4.69, 9.17) is 23.2 Å². The zero-order valence-electron chi connectivity index (χ0n) is 16.3. The van der Waals surface area contributed by atoms with Crippen molar-refractivity contribution in [3.63, 3.8) is 0 Å². The number of amides is 1. The van der Waals surface area contributed by atoms with E-state index in [1.54, 1.807) is 42.5 Å². The first-order valence-electron chi connectivity index (χ1n) is 9.26. The zero-order chi connectivity index (χ0) is 22.4. The Morgan fingerprint density at radius 2 is 1.65 bits per heavy atom. The topological polar surface area (TPSA) is 66.5 Å². The van der Waals surface area contributed by atoms with Crippen LogP contribution >= 0.6 is 23.2 Å². The summed E-state index contributed by atoms with van der Waals surface area (Å²) in [6.07, 6.45) is 0. The molecule has 0 bridgehead atoms. The summed E-state index contributed by atoms with van der Waals surface area (Å²) in [5.74, 6) is -0.885. The van der Waals surface area contributed by atoms with Gasteiger partial charge in [-0.2, -0.15) is 4.31 Å². The summed E-state index contributed by atoms with van der Waals surface area (Å²) < 4.78 is 40.5. The van der Waals surface area contributed by atoms with E-state index in [1.165, 1.54) is 30.3 Å². The van der Waals surface area contributed by atoms with E-state index in [0.29, 0.717) is 21.2 Å². The lowest BCUT2D eigenvalue weighted by atomic mass is 10.2. The monoisotopic (exact) mass is 480 g/mol. The number of nitrogens with one attached hydrogen (secondary N) is 1. The Morgan fingerprint density at radius 1 is 0.968 bits per heavy atom. The standard InChI is InChI=1S/C22H19Cl2FN2O3S/c23-18-9-8-17(21(24)12-18)14-27(31(29,30)20-4-2-1-3-5-20)15-22(28)26-13-16-6-10-19(25)11-7-16/h1-12H,13-15H2,(H,26,28). The molecule has 0 atom stereocenters. The second-order valence-corrected chi connectivity index (χ2v) is 9.51. The van der Waals surface area contributed by atoms with Crippen LogP contribution in [0, 0.1) is 5.82 Å². The molecule has 9 heteroatoms. The van der Waals surface area contributed by atoms with Gasteiger partial charge in [-0.15, -0.1) is 0 Å². The highest BCUT2D eigenvalue weighted by Gasteiger charge is 2.27. The molecule has 1 amide bonds. The molecule has 3 rings (SSSR count). The van der Waals surface area contributed by atoms with Crippen LogP contribution in [0.2, 0.25) is 10.0 Å². The molecule has 0 spiro atoms. The van der Waals surface area contributed by atoms with Crippen molar-refractivity contribution >= 4 is 39.1 Å². The summed E-state index contributed by atoms with van der Waals surface area (Å²) in [7, 11) is -3.98. The van der Waals surface area contributed by atoms with Crippen molar-refractivity contribution in [2.24, 2.45) is 0 Å². The molecule has 0 aliphatic heterocycles. The molecule has 1 N–H and O–H groups in total. The van der Waals surface area contributed by atoms with Crippen molar-refractivity contribution < 1.29 is 17.6 Å². The van der Waals surface area contributed by atoms with Crippen LogP contribution in [0.4, 0.5) is 4.39 Å². The number of rotatable bonds is 8. The normalized spacial score (nSPS) is 11.5. The third-order valence-electron chi connectivity index (χ3n) is 4.47. The van der Waals surface area contributed by atoms with E-state index in [1.807, 2.05) is 0 Å². The molecule has 0 aliphatic rings. The van der Waals surface area contributed by atoms with Gasteiger partial charge in [-0.3, -0.25) is 4.79 Å². The highest BCUT2D eigenvalue weighted by Crippen LogP contribution is 2.25. The van der Waals surface area contributed by atoms with Gasteiger partial charge in [0.05, 0.1) is 11.4 Å². The Bertz CT molecular complexity index is 1160. The molecule has 0 aliphatic carbocycles. The molecule has 0 saturated heterocycles. The van der Waals surface area contributed by atoms with Crippen LogP contribution in [-0.2, 0) is 27.9 Å². The largest absolute Gasteiger partial charge is 0.351 e. The number of sulfonamides is 1. The summed E-state index contributed by atoms with van der Waals surface area (Å²) in [5.41, 5.74) is 1.20. The first kappa shape index (κ1) is 23.2. The van der Waals surface area contributed by atoms with Crippen molar-refractivity contribution in [2.75, 3.05) is 6.54 Å². The molecule has 0 heterocycles. The van der Waals surface area contributed by atoms with E-state index in [0.717, 1.165) is 4.31 Å². The Kier molecular flexibility index (Phi) is 7.67. The SMILES string of the molecule is O=C(CN(Cc1ccc(Cl)cc1Cl)S(=O)(=O)c1ccccc1)NCc1ccc(F)cc1. The van der Waals surface area contributed by atoms with E-state index in [-0.39, 0.29) is 23.8 Å². The Hall–Kier alpha value is -2.45. The minimum atomic E-state index is -3.98. The first-order valence-corrected chi connectivity index (χ1v) is 11.5. The summed E-state index contributed by atoms with van der Waals surface area (Å²) in [6.45, 7) is -0.394. The van der Waals surface area contributed by atoms with Crippen LogP contribution in [0.25, 0.3) is 0 Å². The Morgan fingerprint density at radius 3 is 2.29 bits per heavy atom. The van der Waals surface area contributed by atoms with Gasteiger partial charge in [-0.05, 0) is 47.5 Å². The second-order valence-electron chi connectivity index (χ2n) is 6.73. The van der Waals surface area contributed by atoms with Crippen molar-refractivity contribution in [1.82, 2.24) is 9.62 Å². The number of hydrogen-bond donors (Lipinski definition) is 1. The van der Waals surface area contributed by atoms with E-state index in [2.05, 4.69) is 5.32 Å². The summed E-state index contributed by atoms with van der Waals surface area (Å²) in [5, 5.41) is 3.38. The summed E-state index contributed by atoms with van der Waals surface area (Å²) in [4.78, 5) is 12.6. The number of benzene rings is 3. The number of hydrogen-bond acceptors (Lipinski definition) is 3. The Labute approximate surface area is 190 Å². The van der Waals surface area contributed by atoms with Gasteiger partial charge in [0.1, 0.15) is 5.82 Å². The van der Waals surface area contributed by atoms with Crippen molar-refractivity contribution in [3.05, 3.63) is 99.8 Å². The van der Waals surface area contributed by atoms with Gasteiger partial charge in [-0.25, -0.2) is 12.8 Å². The van der Waals surface area contributed by atoms with Crippen LogP contribution in [-0.4, -0.2) is 25.2 Å². The molecule has 3 aromatic carbocycles. The van der Waals surface area contributed by atoms with Gasteiger partial charge >= 0.3 is 0 Å². The van der Waals surface area contributed by atoms with Crippen LogP contribution in [0.3, 0.4) is 0 Å². The molecular weight excluding hydrogens is 462 g/mol. The molecule has 0 fully saturated rings. The van der Waals surface area contributed by atoms with E-state index in [9.17, 15) is 17.6 Å². The molecule has 0 radical (unpaired) electrons. The van der Waals surface area contributed by atoms with Crippen LogP contribution in [0.5, 0.6) is 0 Å². The highest BCUT2D eigenvalue weighted by molar-refractivity contribution is 7.89. The maximum absolute atomic E-state index is 13.2. The fourth-order valence-electron chi connectivity index (χ4n) is 2.83. The predicted molar refractivity (Wildman–Crippen MR) is 119 cm³/mol. The van der Waals surface area contributed by atoms with Gasteiger partial charge in [0, 0.05) is 23.1 Å². The number of nitrogens with zero attached hydrogens (tertiary/aromatic N) is 1. The van der Waals surface area contributed by atoms with Crippen molar-refractivity contribution in [3.8, 4) is 0 Å². The van der Waals surface area contributed by atoms with Gasteiger partial charge < -0.3 is 5.32 Å². The first-order chi connectivity index (χ1) is 14.8. The average molecular weight is 481 g/mol. The molecule has 31 heavy (non-hydrogen) atoms. The average Bonchev–Trinajstić information content (AvgIpc) is 2.75. The second kappa shape index (κ2) is 10.2. The molecule has 0 aromatic heterocycles. The Balaban J connectivity index is 1.81. The maximum Gasteiger partial charge on any atom is 0.243 e. The van der Waals surface area contributed by atoms with Gasteiger partial charge in [0.25, 0.3) is 0 Å². The van der Waals surface area contributed by atoms with Crippen molar-refractivity contribution in [2.45, 2.75) is 18.0 Å². The van der Waals surface area contributed by atoms with Gasteiger partial charge in [0.15, 0.2) is 0 Å². The van der Waals surface area contributed by atoms with Crippen LogP contribution < -0.4 is 5.32 Å². The van der Waals surface area contributed by atoms with Gasteiger partial charge in [-0.1, -0.05) is 59.6 Å². The van der Waals surface area contributed by atoms with Crippen LogP contribution in [0.1, 0.15) is 11.1 Å². The minimum absolute atomic E-state index is 0.0615. The molecule has 162 valence electrons. The summed E-state index contributed by atoms with van der Waals surface area (Å²) >= 11 is 12.2. The molecule has 0 unspecified atom stereocenters.